The van der Waals surface area contributed by atoms with Gasteiger partial charge in [0, 0.05) is 30.1 Å². The SMILES string of the molecule is CCCCOC1C=C(C)C(C#CC2=CCC(c3ccc(-c4cc(F)c(-c5cc(F)c(OC(F)(F)F)c(F)c5)c(F)c4)c(F)c3)C(F)=C2)=C(F)C1. The highest BCUT2D eigenvalue weighted by Gasteiger charge is 2.34. The zero-order chi connectivity index (χ0) is 36.3. The van der Waals surface area contributed by atoms with Gasteiger partial charge in [-0.2, -0.15) is 0 Å². The molecule has 50 heavy (non-hydrogen) atoms. The second kappa shape index (κ2) is 15.0. The van der Waals surface area contributed by atoms with Crippen LogP contribution >= 0.6 is 0 Å². The summed E-state index contributed by atoms with van der Waals surface area (Å²) in [6.45, 7) is 4.27. The largest absolute Gasteiger partial charge is 0.573 e. The molecule has 0 fully saturated rings. The Morgan fingerprint density at radius 3 is 2.06 bits per heavy atom. The molecule has 12 heteroatoms. The monoisotopic (exact) mass is 706 g/mol. The van der Waals surface area contributed by atoms with E-state index in [2.05, 4.69) is 16.6 Å². The Kier molecular flexibility index (Phi) is 11.0. The van der Waals surface area contributed by atoms with Gasteiger partial charge in [0.1, 0.15) is 29.1 Å². The molecule has 262 valence electrons. The fourth-order valence-corrected chi connectivity index (χ4v) is 5.65. The van der Waals surface area contributed by atoms with E-state index in [4.69, 9.17) is 4.74 Å². The lowest BCUT2D eigenvalue weighted by atomic mass is 9.87. The van der Waals surface area contributed by atoms with E-state index in [-0.39, 0.29) is 53.3 Å². The Labute approximate surface area is 281 Å². The van der Waals surface area contributed by atoms with Crippen molar-refractivity contribution in [2.24, 2.45) is 0 Å². The second-order valence-corrected chi connectivity index (χ2v) is 11.7. The van der Waals surface area contributed by atoms with Crippen LogP contribution in [0, 0.1) is 40.9 Å². The second-order valence-electron chi connectivity index (χ2n) is 11.7. The summed E-state index contributed by atoms with van der Waals surface area (Å²) in [6, 6.07) is 5.44. The lowest BCUT2D eigenvalue weighted by Gasteiger charge is -2.20. The third-order valence-electron chi connectivity index (χ3n) is 8.10. The van der Waals surface area contributed by atoms with Crippen molar-refractivity contribution in [3.8, 4) is 39.8 Å². The topological polar surface area (TPSA) is 18.5 Å². The number of hydrogen-bond donors (Lipinski definition) is 0. The number of allylic oxidation sites excluding steroid dienone is 6. The first-order valence-corrected chi connectivity index (χ1v) is 15.5. The van der Waals surface area contributed by atoms with Gasteiger partial charge in [0.15, 0.2) is 11.6 Å². The maximum atomic E-state index is 15.3. The Bertz CT molecular complexity index is 1950. The van der Waals surface area contributed by atoms with Gasteiger partial charge in [0.2, 0.25) is 5.75 Å². The van der Waals surface area contributed by atoms with E-state index in [0.717, 1.165) is 18.9 Å². The first kappa shape index (κ1) is 36.5. The summed E-state index contributed by atoms with van der Waals surface area (Å²) >= 11 is 0. The summed E-state index contributed by atoms with van der Waals surface area (Å²) in [5.41, 5.74) is -0.994. The highest BCUT2D eigenvalue weighted by molar-refractivity contribution is 5.73. The molecular weight excluding hydrogens is 678 g/mol. The number of ether oxygens (including phenoxy) is 2. The average Bonchev–Trinajstić information content (AvgIpc) is 3.02. The van der Waals surface area contributed by atoms with Gasteiger partial charge in [-0.05, 0) is 78.4 Å². The highest BCUT2D eigenvalue weighted by Crippen LogP contribution is 2.39. The van der Waals surface area contributed by atoms with Crippen LogP contribution in [0.4, 0.5) is 43.9 Å². The molecule has 0 saturated heterocycles. The smallest absolute Gasteiger partial charge is 0.399 e. The van der Waals surface area contributed by atoms with Gasteiger partial charge in [-0.25, -0.2) is 30.7 Å². The van der Waals surface area contributed by atoms with Crippen molar-refractivity contribution in [2.75, 3.05) is 6.61 Å². The van der Waals surface area contributed by atoms with Crippen LogP contribution in [0.3, 0.4) is 0 Å². The maximum Gasteiger partial charge on any atom is 0.573 e. The summed E-state index contributed by atoms with van der Waals surface area (Å²) in [4.78, 5) is 0. The Morgan fingerprint density at radius 2 is 1.48 bits per heavy atom. The molecule has 5 rings (SSSR count). The number of hydrogen-bond acceptors (Lipinski definition) is 2. The van der Waals surface area contributed by atoms with Gasteiger partial charge >= 0.3 is 6.36 Å². The molecule has 0 saturated carbocycles. The van der Waals surface area contributed by atoms with E-state index in [1.807, 2.05) is 6.92 Å². The molecule has 0 heterocycles. The van der Waals surface area contributed by atoms with Crippen LogP contribution in [0.25, 0.3) is 22.3 Å². The van der Waals surface area contributed by atoms with Crippen LogP contribution in [-0.2, 0) is 4.74 Å². The number of benzene rings is 3. The predicted molar refractivity (Wildman–Crippen MR) is 167 cm³/mol. The molecule has 0 aromatic heterocycles. The van der Waals surface area contributed by atoms with Gasteiger partial charge in [-0.1, -0.05) is 49.5 Å². The first-order chi connectivity index (χ1) is 23.6. The van der Waals surface area contributed by atoms with Crippen molar-refractivity contribution in [1.29, 1.82) is 0 Å². The van der Waals surface area contributed by atoms with Crippen molar-refractivity contribution in [3.05, 3.63) is 124 Å². The molecular formula is C38H28F10O2. The number of halogens is 10. The molecule has 0 aliphatic heterocycles. The van der Waals surface area contributed by atoms with E-state index in [1.54, 1.807) is 19.1 Å². The molecule has 0 bridgehead atoms. The molecule has 2 unspecified atom stereocenters. The Balaban J connectivity index is 1.32. The van der Waals surface area contributed by atoms with Crippen LogP contribution < -0.4 is 4.74 Å². The first-order valence-electron chi connectivity index (χ1n) is 15.5. The van der Waals surface area contributed by atoms with E-state index in [0.29, 0.717) is 29.9 Å². The summed E-state index contributed by atoms with van der Waals surface area (Å²) in [7, 11) is 0. The van der Waals surface area contributed by atoms with E-state index in [1.165, 1.54) is 18.2 Å². The van der Waals surface area contributed by atoms with Crippen molar-refractivity contribution >= 4 is 0 Å². The maximum absolute atomic E-state index is 15.3. The minimum atomic E-state index is -5.42. The predicted octanol–water partition coefficient (Wildman–Crippen LogP) is 11.6. The molecule has 0 radical (unpaired) electrons. The fraction of sp³-hybridized carbons (Fsp3) is 0.263. The highest BCUT2D eigenvalue weighted by atomic mass is 19.4. The van der Waals surface area contributed by atoms with E-state index >= 15 is 17.6 Å². The van der Waals surface area contributed by atoms with Gasteiger partial charge < -0.3 is 9.47 Å². The molecule has 2 atom stereocenters. The molecule has 2 aliphatic rings. The quantitative estimate of drug-likeness (QED) is 0.132. The molecule has 0 amide bonds. The standard InChI is InChI=1S/C38H28F10O2/c1-3-4-11-49-25-12-20(2)26(31(41)19-25)8-5-21-6-9-27(29(39)13-21)22-7-10-28(30(40)14-22)23-15-32(42)36(33(43)16-23)24-17-34(44)37(35(45)18-24)50-38(46,47)48/h6-7,10,12-18,25,27H,3-4,9,11,19H2,1-2H3. The van der Waals surface area contributed by atoms with Crippen LogP contribution in [-0.4, -0.2) is 19.1 Å². The number of rotatable bonds is 8. The van der Waals surface area contributed by atoms with Gasteiger partial charge in [0.25, 0.3) is 0 Å². The molecule has 0 spiro atoms. The van der Waals surface area contributed by atoms with E-state index in [9.17, 15) is 26.3 Å². The van der Waals surface area contributed by atoms with Crippen LogP contribution in [0.15, 0.2) is 89.1 Å². The van der Waals surface area contributed by atoms with Crippen molar-refractivity contribution in [2.45, 2.75) is 57.9 Å². The lowest BCUT2D eigenvalue weighted by molar-refractivity contribution is -0.276. The molecule has 3 aromatic carbocycles. The van der Waals surface area contributed by atoms with Crippen molar-refractivity contribution in [1.82, 2.24) is 0 Å². The van der Waals surface area contributed by atoms with Gasteiger partial charge in [0.05, 0.1) is 17.2 Å². The molecule has 3 aromatic rings. The van der Waals surface area contributed by atoms with Gasteiger partial charge in [-0.15, -0.1) is 13.2 Å². The van der Waals surface area contributed by atoms with Crippen molar-refractivity contribution in [3.63, 3.8) is 0 Å². The third kappa shape index (κ3) is 8.33. The van der Waals surface area contributed by atoms with Crippen LogP contribution in [0.1, 0.15) is 51.0 Å². The van der Waals surface area contributed by atoms with Crippen molar-refractivity contribution < 1.29 is 53.4 Å². The van der Waals surface area contributed by atoms with E-state index < -0.39 is 69.9 Å². The van der Waals surface area contributed by atoms with Gasteiger partial charge in [-0.3, -0.25) is 0 Å². The third-order valence-corrected chi connectivity index (χ3v) is 8.10. The lowest BCUT2D eigenvalue weighted by Crippen LogP contribution is -2.19. The number of alkyl halides is 3. The molecule has 2 nitrogen and oxygen atoms in total. The summed E-state index contributed by atoms with van der Waals surface area (Å²) in [5.74, 6) is -5.64. The van der Waals surface area contributed by atoms with Crippen LogP contribution in [0.2, 0.25) is 0 Å². The summed E-state index contributed by atoms with van der Waals surface area (Å²) in [5, 5.41) is 0. The number of unbranched alkanes of at least 4 members (excludes halogenated alkanes) is 1. The minimum absolute atomic E-state index is 0.0549. The minimum Gasteiger partial charge on any atom is -0.399 e. The Hall–Kier alpha value is -4.76. The van der Waals surface area contributed by atoms with Crippen LogP contribution in [0.5, 0.6) is 5.75 Å². The molecule has 0 N–H and O–H groups in total. The average molecular weight is 707 g/mol. The molecule has 2 aliphatic carbocycles. The summed E-state index contributed by atoms with van der Waals surface area (Å²) < 4.78 is 150. The zero-order valence-electron chi connectivity index (χ0n) is 26.6. The Morgan fingerprint density at radius 1 is 0.820 bits per heavy atom. The normalized spacial score (nSPS) is 17.9. The fourth-order valence-electron chi connectivity index (χ4n) is 5.65. The zero-order valence-corrected chi connectivity index (χ0v) is 26.6. The summed E-state index contributed by atoms with van der Waals surface area (Å²) in [6.07, 6.45) is 0.762.